The number of carbonyl (C=O) groups excluding carboxylic acids is 1. The van der Waals surface area contributed by atoms with Crippen molar-refractivity contribution in [3.63, 3.8) is 0 Å². The molecule has 4 atom stereocenters. The maximum Gasteiger partial charge on any atom is 0.330 e. The first-order valence-electron chi connectivity index (χ1n) is 5.40. The van der Waals surface area contributed by atoms with Gasteiger partial charge in [0.1, 0.15) is 6.10 Å². The Bertz CT molecular complexity index is 373. The highest BCUT2D eigenvalue weighted by Crippen LogP contribution is 2.24. The quantitative estimate of drug-likeness (QED) is 0.448. The molecular weight excluding hydrogens is 244 g/mol. The van der Waals surface area contributed by atoms with Crippen LogP contribution >= 0.6 is 0 Å². The summed E-state index contributed by atoms with van der Waals surface area (Å²) in [5.41, 5.74) is 0. The van der Waals surface area contributed by atoms with Crippen LogP contribution in [-0.4, -0.2) is 30.3 Å². The van der Waals surface area contributed by atoms with Crippen LogP contribution in [0.15, 0.2) is 12.7 Å². The third-order valence-corrected chi connectivity index (χ3v) is 4.62. The van der Waals surface area contributed by atoms with Crippen molar-refractivity contribution in [2.24, 2.45) is 11.8 Å². The fraction of sp³-hybridized carbons (Fsp3) is 0.727. The Balaban J connectivity index is 4.64. The Hall–Kier alpha value is -0.880. The van der Waals surface area contributed by atoms with Gasteiger partial charge in [-0.25, -0.2) is 4.79 Å². The predicted octanol–water partition coefficient (Wildman–Crippen LogP) is 1.65. The van der Waals surface area contributed by atoms with E-state index in [1.54, 1.807) is 20.8 Å². The number of ether oxygens (including phenoxy) is 1. The topological polar surface area (TPSA) is 80.7 Å². The SMILES string of the molecule is C=CC(=O)OC(C)C(C)C(C)C(C)S(=O)(=O)O. The van der Waals surface area contributed by atoms with Gasteiger partial charge in [-0.15, -0.1) is 0 Å². The molecule has 0 aliphatic carbocycles. The first kappa shape index (κ1) is 16.1. The third-order valence-electron chi connectivity index (χ3n) is 3.25. The summed E-state index contributed by atoms with van der Waals surface area (Å²) in [5, 5.41) is -0.901. The molecule has 5 nitrogen and oxygen atoms in total. The van der Waals surface area contributed by atoms with Crippen LogP contribution in [0.1, 0.15) is 27.7 Å². The summed E-state index contributed by atoms with van der Waals surface area (Å²) in [4.78, 5) is 11.0. The van der Waals surface area contributed by atoms with Crippen molar-refractivity contribution in [3.8, 4) is 0 Å². The number of rotatable bonds is 6. The maximum atomic E-state index is 11.0. The summed E-state index contributed by atoms with van der Waals surface area (Å²) in [5.74, 6) is -1.08. The van der Waals surface area contributed by atoms with Crippen LogP contribution in [0.25, 0.3) is 0 Å². The zero-order chi connectivity index (χ0) is 13.8. The average molecular weight is 264 g/mol. The number of hydrogen-bond acceptors (Lipinski definition) is 4. The maximum absolute atomic E-state index is 11.0. The zero-order valence-electron chi connectivity index (χ0n) is 10.6. The lowest BCUT2D eigenvalue weighted by Crippen LogP contribution is -2.35. The Labute approximate surface area is 103 Å². The van der Waals surface area contributed by atoms with Crippen molar-refractivity contribution < 1.29 is 22.5 Å². The zero-order valence-corrected chi connectivity index (χ0v) is 11.4. The minimum atomic E-state index is -4.08. The first-order valence-corrected chi connectivity index (χ1v) is 6.91. The fourth-order valence-corrected chi connectivity index (χ4v) is 2.26. The average Bonchev–Trinajstić information content (AvgIpc) is 2.24. The summed E-state index contributed by atoms with van der Waals surface area (Å²) < 4.78 is 36.0. The molecule has 0 radical (unpaired) electrons. The fourth-order valence-electron chi connectivity index (χ4n) is 1.46. The van der Waals surface area contributed by atoms with E-state index in [-0.39, 0.29) is 11.8 Å². The highest BCUT2D eigenvalue weighted by Gasteiger charge is 2.32. The van der Waals surface area contributed by atoms with Crippen LogP contribution in [0.3, 0.4) is 0 Å². The lowest BCUT2D eigenvalue weighted by molar-refractivity contribution is -0.145. The second kappa shape index (κ2) is 6.16. The highest BCUT2D eigenvalue weighted by molar-refractivity contribution is 7.86. The molecular formula is C11H20O5S. The van der Waals surface area contributed by atoms with Gasteiger partial charge in [0.25, 0.3) is 10.1 Å². The number of esters is 1. The van der Waals surface area contributed by atoms with E-state index in [9.17, 15) is 13.2 Å². The molecule has 0 fully saturated rings. The van der Waals surface area contributed by atoms with Crippen molar-refractivity contribution in [3.05, 3.63) is 12.7 Å². The number of carbonyl (C=O) groups is 1. The molecule has 0 saturated heterocycles. The van der Waals surface area contributed by atoms with Crippen LogP contribution in [0.2, 0.25) is 0 Å². The molecule has 0 aliphatic heterocycles. The van der Waals surface area contributed by atoms with E-state index in [1.807, 2.05) is 0 Å². The van der Waals surface area contributed by atoms with E-state index in [4.69, 9.17) is 9.29 Å². The van der Waals surface area contributed by atoms with E-state index in [0.29, 0.717) is 0 Å². The minimum absolute atomic E-state index is 0.198. The van der Waals surface area contributed by atoms with Crippen molar-refractivity contribution in [1.82, 2.24) is 0 Å². The smallest absolute Gasteiger partial charge is 0.330 e. The lowest BCUT2D eigenvalue weighted by atomic mass is 9.89. The van der Waals surface area contributed by atoms with Gasteiger partial charge < -0.3 is 4.74 Å². The van der Waals surface area contributed by atoms with Gasteiger partial charge in [0.15, 0.2) is 0 Å². The van der Waals surface area contributed by atoms with Crippen LogP contribution in [-0.2, 0) is 19.6 Å². The van der Waals surface area contributed by atoms with Crippen LogP contribution in [0.4, 0.5) is 0 Å². The Morgan fingerprint density at radius 3 is 2.06 bits per heavy atom. The Morgan fingerprint density at radius 2 is 1.71 bits per heavy atom. The molecule has 0 amide bonds. The molecule has 6 heteroatoms. The van der Waals surface area contributed by atoms with Gasteiger partial charge in [-0.3, -0.25) is 4.55 Å². The summed E-state index contributed by atoms with van der Waals surface area (Å²) in [6, 6.07) is 0. The normalized spacial score (nSPS) is 18.9. The second-order valence-corrected chi connectivity index (χ2v) is 6.06. The third kappa shape index (κ3) is 4.87. The monoisotopic (exact) mass is 264 g/mol. The van der Waals surface area contributed by atoms with Gasteiger partial charge in [-0.05, 0) is 25.7 Å². The molecule has 1 N–H and O–H groups in total. The molecule has 0 aliphatic rings. The van der Waals surface area contributed by atoms with Gasteiger partial charge in [-0.2, -0.15) is 8.42 Å². The molecule has 0 aromatic heterocycles. The Kier molecular flexibility index (Phi) is 5.84. The molecule has 0 bridgehead atoms. The standard InChI is InChI=1S/C11H20O5S/c1-6-11(12)16-9(4)7(2)8(3)10(5)17(13,14)15/h6-10H,1H2,2-5H3,(H,13,14,15). The molecule has 0 spiro atoms. The molecule has 0 saturated carbocycles. The van der Waals surface area contributed by atoms with Crippen LogP contribution in [0, 0.1) is 11.8 Å². The van der Waals surface area contributed by atoms with Crippen molar-refractivity contribution in [1.29, 1.82) is 0 Å². The van der Waals surface area contributed by atoms with E-state index in [2.05, 4.69) is 6.58 Å². The molecule has 17 heavy (non-hydrogen) atoms. The summed E-state index contributed by atoms with van der Waals surface area (Å²) in [7, 11) is -4.08. The molecule has 0 aromatic carbocycles. The van der Waals surface area contributed by atoms with Crippen LogP contribution < -0.4 is 0 Å². The van der Waals surface area contributed by atoms with Gasteiger partial charge in [0.05, 0.1) is 5.25 Å². The summed E-state index contributed by atoms with van der Waals surface area (Å²) >= 11 is 0. The Morgan fingerprint density at radius 1 is 1.24 bits per heavy atom. The second-order valence-electron chi connectivity index (χ2n) is 4.28. The molecule has 0 rings (SSSR count). The molecule has 4 unspecified atom stereocenters. The summed E-state index contributed by atoms with van der Waals surface area (Å²) in [6.07, 6.45) is 0.611. The van der Waals surface area contributed by atoms with Gasteiger partial charge >= 0.3 is 5.97 Å². The van der Waals surface area contributed by atoms with Crippen molar-refractivity contribution in [2.45, 2.75) is 39.0 Å². The van der Waals surface area contributed by atoms with E-state index in [1.165, 1.54) is 6.92 Å². The number of hydrogen-bond donors (Lipinski definition) is 1. The first-order chi connectivity index (χ1) is 7.61. The molecule has 0 aromatic rings. The van der Waals surface area contributed by atoms with Crippen LogP contribution in [0.5, 0.6) is 0 Å². The lowest BCUT2D eigenvalue weighted by Gasteiger charge is -2.28. The van der Waals surface area contributed by atoms with Gasteiger partial charge in [0.2, 0.25) is 0 Å². The van der Waals surface area contributed by atoms with E-state index in [0.717, 1.165) is 6.08 Å². The van der Waals surface area contributed by atoms with Gasteiger partial charge in [-0.1, -0.05) is 20.4 Å². The van der Waals surface area contributed by atoms with Crippen molar-refractivity contribution >= 4 is 16.1 Å². The molecule has 100 valence electrons. The highest BCUT2D eigenvalue weighted by atomic mass is 32.2. The largest absolute Gasteiger partial charge is 0.459 e. The van der Waals surface area contributed by atoms with Gasteiger partial charge in [0, 0.05) is 6.08 Å². The predicted molar refractivity (Wildman–Crippen MR) is 65.1 cm³/mol. The van der Waals surface area contributed by atoms with Crippen molar-refractivity contribution in [2.75, 3.05) is 0 Å². The molecule has 0 heterocycles. The van der Waals surface area contributed by atoms with E-state index >= 15 is 0 Å². The summed E-state index contributed by atoms with van der Waals surface area (Å²) in [6.45, 7) is 9.86. The minimum Gasteiger partial charge on any atom is -0.459 e. The van der Waals surface area contributed by atoms with E-state index < -0.39 is 27.4 Å².